The van der Waals surface area contributed by atoms with Crippen LogP contribution in [0, 0.1) is 10.1 Å². The smallest absolute Gasteiger partial charge is 0.303 e. The predicted octanol–water partition coefficient (Wildman–Crippen LogP) is 1.88. The van der Waals surface area contributed by atoms with Gasteiger partial charge in [-0.05, 0) is 12.5 Å². The number of hydrogen-bond donors (Lipinski definition) is 2. The number of non-ortho nitro benzene ring substituents is 1. The van der Waals surface area contributed by atoms with Crippen LogP contribution in [0.5, 0.6) is 5.75 Å². The summed E-state index contributed by atoms with van der Waals surface area (Å²) in [5.74, 6) is -0.390. The molecule has 7 heteroatoms. The number of hydrogen-bond acceptors (Lipinski definition) is 5. The van der Waals surface area contributed by atoms with E-state index in [2.05, 4.69) is 5.32 Å². The maximum atomic E-state index is 10.6. The third kappa shape index (κ3) is 3.93. The summed E-state index contributed by atoms with van der Waals surface area (Å²) in [4.78, 5) is 20.5. The molecular weight excluding hydrogens is 240 g/mol. The first kappa shape index (κ1) is 13.8. The molecule has 1 aromatic carbocycles. The number of carboxylic acid groups (broad SMARTS) is 1. The third-order valence-corrected chi connectivity index (χ3v) is 2.28. The second-order valence-electron chi connectivity index (χ2n) is 3.57. The highest BCUT2D eigenvalue weighted by atomic mass is 16.6. The standard InChI is InChI=1S/C11H14N2O5/c1-18-10-5-4-8(13(16)17)7-9(10)12-6-2-3-11(14)15/h4-5,7,12H,2-3,6H2,1H3,(H,14,15). The van der Waals surface area contributed by atoms with Gasteiger partial charge in [-0.3, -0.25) is 14.9 Å². The first-order valence-corrected chi connectivity index (χ1v) is 5.32. The monoisotopic (exact) mass is 254 g/mol. The van der Waals surface area contributed by atoms with Crippen LogP contribution in [0.3, 0.4) is 0 Å². The molecule has 0 radical (unpaired) electrons. The molecule has 98 valence electrons. The summed E-state index contributed by atoms with van der Waals surface area (Å²) in [5, 5.41) is 22.0. The van der Waals surface area contributed by atoms with Crippen LogP contribution in [-0.4, -0.2) is 29.7 Å². The molecule has 0 amide bonds. The summed E-state index contributed by atoms with van der Waals surface area (Å²) in [6, 6.07) is 4.21. The van der Waals surface area contributed by atoms with Crippen LogP contribution >= 0.6 is 0 Å². The number of nitro benzene ring substituents is 1. The van der Waals surface area contributed by atoms with Crippen LogP contribution < -0.4 is 10.1 Å². The number of rotatable bonds is 7. The molecule has 0 atom stereocenters. The van der Waals surface area contributed by atoms with E-state index < -0.39 is 10.9 Å². The highest BCUT2D eigenvalue weighted by Crippen LogP contribution is 2.28. The number of benzene rings is 1. The summed E-state index contributed by atoms with van der Waals surface area (Å²) >= 11 is 0. The molecule has 0 unspecified atom stereocenters. The number of nitrogens with one attached hydrogen (secondary N) is 1. The average molecular weight is 254 g/mol. The Morgan fingerprint density at radius 2 is 2.28 bits per heavy atom. The number of nitro groups is 1. The van der Waals surface area contributed by atoms with Gasteiger partial charge in [-0.25, -0.2) is 0 Å². The minimum atomic E-state index is -0.872. The maximum absolute atomic E-state index is 10.6. The fraction of sp³-hybridized carbons (Fsp3) is 0.364. The van der Waals surface area contributed by atoms with E-state index in [9.17, 15) is 14.9 Å². The van der Waals surface area contributed by atoms with Crippen molar-refractivity contribution in [1.29, 1.82) is 0 Å². The van der Waals surface area contributed by atoms with E-state index in [0.29, 0.717) is 24.4 Å². The van der Waals surface area contributed by atoms with Crippen molar-refractivity contribution >= 4 is 17.3 Å². The lowest BCUT2D eigenvalue weighted by molar-refractivity contribution is -0.384. The van der Waals surface area contributed by atoms with Crippen molar-refractivity contribution in [3.63, 3.8) is 0 Å². The second kappa shape index (κ2) is 6.43. The van der Waals surface area contributed by atoms with Gasteiger partial charge < -0.3 is 15.2 Å². The summed E-state index contributed by atoms with van der Waals surface area (Å²) in [5.41, 5.74) is 0.439. The van der Waals surface area contributed by atoms with Gasteiger partial charge in [0.25, 0.3) is 5.69 Å². The van der Waals surface area contributed by atoms with Crippen LogP contribution in [0.25, 0.3) is 0 Å². The van der Waals surface area contributed by atoms with Crippen molar-refractivity contribution in [2.75, 3.05) is 19.0 Å². The number of nitrogens with zero attached hydrogens (tertiary/aromatic N) is 1. The Balaban J connectivity index is 2.69. The van der Waals surface area contributed by atoms with Gasteiger partial charge in [0.05, 0.1) is 17.7 Å². The molecule has 0 saturated heterocycles. The highest BCUT2D eigenvalue weighted by molar-refractivity contribution is 5.66. The fourth-order valence-corrected chi connectivity index (χ4v) is 1.41. The summed E-state index contributed by atoms with van der Waals surface area (Å²) in [6.45, 7) is 0.407. The lowest BCUT2D eigenvalue weighted by Crippen LogP contribution is -2.06. The molecule has 0 saturated carbocycles. The normalized spacial score (nSPS) is 9.83. The van der Waals surface area contributed by atoms with E-state index in [1.165, 1.54) is 25.3 Å². The van der Waals surface area contributed by atoms with E-state index in [1.54, 1.807) is 0 Å². The average Bonchev–Trinajstić information content (AvgIpc) is 2.34. The lowest BCUT2D eigenvalue weighted by atomic mass is 10.2. The number of carboxylic acids is 1. The molecule has 7 nitrogen and oxygen atoms in total. The van der Waals surface area contributed by atoms with Gasteiger partial charge in [0.15, 0.2) is 0 Å². The van der Waals surface area contributed by atoms with Crippen molar-refractivity contribution in [2.24, 2.45) is 0 Å². The summed E-state index contributed by atoms with van der Waals surface area (Å²) in [6.07, 6.45) is 0.478. The SMILES string of the molecule is COc1ccc([N+](=O)[O-])cc1NCCCC(=O)O. The van der Waals surface area contributed by atoms with Gasteiger partial charge >= 0.3 is 5.97 Å². The topological polar surface area (TPSA) is 102 Å². The molecule has 18 heavy (non-hydrogen) atoms. The zero-order valence-corrected chi connectivity index (χ0v) is 9.88. The Hall–Kier alpha value is -2.31. The van der Waals surface area contributed by atoms with Gasteiger partial charge in [0, 0.05) is 25.1 Å². The maximum Gasteiger partial charge on any atom is 0.303 e. The van der Waals surface area contributed by atoms with Crippen molar-refractivity contribution in [2.45, 2.75) is 12.8 Å². The zero-order valence-electron chi connectivity index (χ0n) is 9.88. The van der Waals surface area contributed by atoms with Crippen LogP contribution in [0.15, 0.2) is 18.2 Å². The molecule has 0 aliphatic heterocycles. The van der Waals surface area contributed by atoms with Gasteiger partial charge in [-0.2, -0.15) is 0 Å². The largest absolute Gasteiger partial charge is 0.495 e. The molecule has 1 aromatic rings. The summed E-state index contributed by atoms with van der Waals surface area (Å²) in [7, 11) is 1.46. The molecule has 2 N–H and O–H groups in total. The number of aliphatic carboxylic acids is 1. The third-order valence-electron chi connectivity index (χ3n) is 2.28. The fourth-order valence-electron chi connectivity index (χ4n) is 1.41. The van der Waals surface area contributed by atoms with Crippen molar-refractivity contribution in [1.82, 2.24) is 0 Å². The summed E-state index contributed by atoms with van der Waals surface area (Å²) < 4.78 is 5.06. The van der Waals surface area contributed by atoms with Crippen molar-refractivity contribution in [3.8, 4) is 5.75 Å². The van der Waals surface area contributed by atoms with E-state index in [4.69, 9.17) is 9.84 Å². The Morgan fingerprint density at radius 1 is 1.56 bits per heavy atom. The molecular formula is C11H14N2O5. The predicted molar refractivity (Wildman–Crippen MR) is 65.0 cm³/mol. The van der Waals surface area contributed by atoms with Gasteiger partial charge in [-0.1, -0.05) is 0 Å². The highest BCUT2D eigenvalue weighted by Gasteiger charge is 2.10. The number of methoxy groups -OCH3 is 1. The van der Waals surface area contributed by atoms with E-state index in [1.807, 2.05) is 0 Å². The molecule has 0 aliphatic rings. The quantitative estimate of drug-likeness (QED) is 0.437. The van der Waals surface area contributed by atoms with E-state index in [-0.39, 0.29) is 12.1 Å². The lowest BCUT2D eigenvalue weighted by Gasteiger charge is -2.10. The minimum Gasteiger partial charge on any atom is -0.495 e. The number of carbonyl (C=O) groups is 1. The van der Waals surface area contributed by atoms with Gasteiger partial charge in [0.2, 0.25) is 0 Å². The minimum absolute atomic E-state index is 0.0449. The van der Waals surface area contributed by atoms with Crippen molar-refractivity contribution < 1.29 is 19.6 Å². The molecule has 1 rings (SSSR count). The van der Waals surface area contributed by atoms with E-state index in [0.717, 1.165) is 0 Å². The molecule has 0 heterocycles. The number of anilines is 1. The van der Waals surface area contributed by atoms with Crippen LogP contribution in [-0.2, 0) is 4.79 Å². The van der Waals surface area contributed by atoms with Gasteiger partial charge in [-0.15, -0.1) is 0 Å². The molecule has 0 fully saturated rings. The Bertz CT molecular complexity index is 447. The first-order valence-electron chi connectivity index (χ1n) is 5.32. The second-order valence-corrected chi connectivity index (χ2v) is 3.57. The zero-order chi connectivity index (χ0) is 13.5. The van der Waals surface area contributed by atoms with Gasteiger partial charge in [0.1, 0.15) is 5.75 Å². The van der Waals surface area contributed by atoms with Crippen LogP contribution in [0.4, 0.5) is 11.4 Å². The molecule has 0 spiro atoms. The van der Waals surface area contributed by atoms with E-state index >= 15 is 0 Å². The Morgan fingerprint density at radius 3 is 2.83 bits per heavy atom. The van der Waals surface area contributed by atoms with Crippen LogP contribution in [0.1, 0.15) is 12.8 Å². The number of ether oxygens (including phenoxy) is 1. The molecule has 0 aromatic heterocycles. The molecule has 0 aliphatic carbocycles. The van der Waals surface area contributed by atoms with Crippen LogP contribution in [0.2, 0.25) is 0 Å². The first-order chi connectivity index (χ1) is 8.54. The Kier molecular flexibility index (Phi) is 4.91. The Labute approximate surface area is 104 Å². The molecule has 0 bridgehead atoms. The van der Waals surface area contributed by atoms with Crippen molar-refractivity contribution in [3.05, 3.63) is 28.3 Å².